The second kappa shape index (κ2) is 8.14. The highest BCUT2D eigenvalue weighted by Crippen LogP contribution is 2.31. The van der Waals surface area contributed by atoms with Crippen molar-refractivity contribution in [2.45, 2.75) is 25.7 Å². The van der Waals surface area contributed by atoms with Gasteiger partial charge in [-0.25, -0.2) is 0 Å². The van der Waals surface area contributed by atoms with Gasteiger partial charge in [-0.3, -0.25) is 9.78 Å². The Bertz CT molecular complexity index is 1180. The van der Waals surface area contributed by atoms with Gasteiger partial charge in [-0.15, -0.1) is 0 Å². The molecule has 0 spiro atoms. The molecule has 5 rings (SSSR count). The van der Waals surface area contributed by atoms with E-state index in [0.717, 1.165) is 24.0 Å². The number of hydrogen-bond acceptors (Lipinski definition) is 7. The smallest absolute Gasteiger partial charge is 0.259 e. The first-order valence-corrected chi connectivity index (χ1v) is 10.3. The van der Waals surface area contributed by atoms with Gasteiger partial charge in [0, 0.05) is 42.5 Å². The molecule has 1 saturated heterocycles. The van der Waals surface area contributed by atoms with E-state index in [1.54, 1.807) is 19.3 Å². The van der Waals surface area contributed by atoms with Crippen LogP contribution in [-0.2, 0) is 0 Å². The molecule has 0 unspecified atom stereocenters. The Morgan fingerprint density at radius 3 is 2.52 bits per heavy atom. The summed E-state index contributed by atoms with van der Waals surface area (Å²) in [5.74, 6) is 1.74. The molecule has 1 amide bonds. The van der Waals surface area contributed by atoms with Gasteiger partial charge < -0.3 is 13.9 Å². The minimum atomic E-state index is -0.0577. The number of piperidine rings is 1. The lowest BCUT2D eigenvalue weighted by Gasteiger charge is -2.30. The molecule has 0 N–H and O–H groups in total. The largest absolute Gasteiger partial charge is 0.360 e. The second-order valence-corrected chi connectivity index (χ2v) is 7.59. The minimum absolute atomic E-state index is 0.0577. The highest BCUT2D eigenvalue weighted by Gasteiger charge is 2.31. The summed E-state index contributed by atoms with van der Waals surface area (Å²) < 4.78 is 10.9. The van der Waals surface area contributed by atoms with Crippen molar-refractivity contribution in [2.24, 2.45) is 0 Å². The molecule has 1 aliphatic heterocycles. The monoisotopic (exact) mass is 415 g/mol. The topological polar surface area (TPSA) is 98.2 Å². The zero-order valence-electron chi connectivity index (χ0n) is 17.1. The van der Waals surface area contributed by atoms with Crippen LogP contribution in [0.15, 0.2) is 63.9 Å². The van der Waals surface area contributed by atoms with E-state index in [2.05, 4.69) is 20.3 Å². The average molecular weight is 415 g/mol. The predicted octanol–water partition coefficient (Wildman–Crippen LogP) is 4.11. The number of nitrogens with zero attached hydrogens (tertiary/aromatic N) is 5. The summed E-state index contributed by atoms with van der Waals surface area (Å²) in [6, 6.07) is 13.4. The van der Waals surface area contributed by atoms with Crippen molar-refractivity contribution in [1.82, 2.24) is 25.2 Å². The summed E-state index contributed by atoms with van der Waals surface area (Å²) in [4.78, 5) is 23.8. The molecule has 8 nitrogen and oxygen atoms in total. The number of aromatic nitrogens is 4. The molecule has 31 heavy (non-hydrogen) atoms. The Kier molecular flexibility index (Phi) is 5.03. The first kappa shape index (κ1) is 19.2. The van der Waals surface area contributed by atoms with Crippen molar-refractivity contribution in [3.8, 4) is 22.6 Å². The number of amides is 1. The van der Waals surface area contributed by atoms with Crippen molar-refractivity contribution < 1.29 is 13.8 Å². The third-order valence-corrected chi connectivity index (χ3v) is 5.62. The lowest BCUT2D eigenvalue weighted by atomic mass is 9.95. The van der Waals surface area contributed by atoms with Crippen LogP contribution < -0.4 is 0 Å². The van der Waals surface area contributed by atoms with E-state index in [9.17, 15) is 4.79 Å². The average Bonchev–Trinajstić information content (AvgIpc) is 3.47. The van der Waals surface area contributed by atoms with E-state index in [0.29, 0.717) is 41.8 Å². The quantitative estimate of drug-likeness (QED) is 0.494. The molecule has 1 aliphatic rings. The van der Waals surface area contributed by atoms with Crippen molar-refractivity contribution in [3.05, 3.63) is 72.1 Å². The summed E-state index contributed by atoms with van der Waals surface area (Å²) in [5.41, 5.74) is 2.80. The molecular weight excluding hydrogens is 394 g/mol. The first-order chi connectivity index (χ1) is 15.2. The minimum Gasteiger partial charge on any atom is -0.360 e. The highest BCUT2D eigenvalue weighted by molar-refractivity contribution is 6.00. The van der Waals surface area contributed by atoms with Crippen LogP contribution in [0.2, 0.25) is 0 Å². The van der Waals surface area contributed by atoms with Gasteiger partial charge in [0.15, 0.2) is 0 Å². The normalized spacial score (nSPS) is 14.7. The van der Waals surface area contributed by atoms with Crippen molar-refractivity contribution in [3.63, 3.8) is 0 Å². The molecule has 4 aromatic rings. The zero-order chi connectivity index (χ0) is 21.2. The molecule has 0 saturated carbocycles. The molecule has 0 atom stereocenters. The van der Waals surface area contributed by atoms with Gasteiger partial charge in [-0.2, -0.15) is 4.98 Å². The summed E-state index contributed by atoms with van der Waals surface area (Å²) >= 11 is 0. The predicted molar refractivity (Wildman–Crippen MR) is 112 cm³/mol. The number of benzene rings is 1. The van der Waals surface area contributed by atoms with E-state index in [4.69, 9.17) is 9.05 Å². The number of hydrogen-bond donors (Lipinski definition) is 0. The van der Waals surface area contributed by atoms with E-state index >= 15 is 0 Å². The lowest BCUT2D eigenvalue weighted by molar-refractivity contribution is 0.0703. The fraction of sp³-hybridized carbons (Fsp3) is 0.261. The Balaban J connectivity index is 1.29. The van der Waals surface area contributed by atoms with Gasteiger partial charge in [0.1, 0.15) is 17.0 Å². The maximum atomic E-state index is 13.3. The summed E-state index contributed by atoms with van der Waals surface area (Å²) in [6.07, 6.45) is 4.93. The number of pyridine rings is 1. The Labute approximate surface area is 178 Å². The van der Waals surface area contributed by atoms with Gasteiger partial charge in [-0.1, -0.05) is 40.6 Å². The van der Waals surface area contributed by atoms with Crippen LogP contribution in [0.25, 0.3) is 22.6 Å². The molecular formula is C23H21N5O3. The van der Waals surface area contributed by atoms with Crippen LogP contribution in [0.5, 0.6) is 0 Å². The van der Waals surface area contributed by atoms with E-state index in [1.807, 2.05) is 47.4 Å². The van der Waals surface area contributed by atoms with E-state index in [1.165, 1.54) is 0 Å². The summed E-state index contributed by atoms with van der Waals surface area (Å²) in [5, 5.41) is 8.22. The molecule has 0 bridgehead atoms. The fourth-order valence-corrected chi connectivity index (χ4v) is 3.92. The standard InChI is InChI=1S/C23H21N5O3/c1-15-19(20(26-30-15)16-6-3-2-4-7-16)23(29)28-12-9-17(10-13-28)22-25-21(27-31-22)18-8-5-11-24-14-18/h2-8,11,14,17H,9-10,12-13H2,1H3. The molecule has 4 heterocycles. The number of carbonyl (C=O) groups excluding carboxylic acids is 1. The Morgan fingerprint density at radius 2 is 1.77 bits per heavy atom. The second-order valence-electron chi connectivity index (χ2n) is 7.59. The molecule has 156 valence electrons. The maximum Gasteiger partial charge on any atom is 0.259 e. The van der Waals surface area contributed by atoms with Gasteiger partial charge in [0.25, 0.3) is 5.91 Å². The summed E-state index contributed by atoms with van der Waals surface area (Å²) in [6.45, 7) is 2.98. The Morgan fingerprint density at radius 1 is 1.00 bits per heavy atom. The lowest BCUT2D eigenvalue weighted by Crippen LogP contribution is -2.38. The molecule has 8 heteroatoms. The molecule has 1 fully saturated rings. The van der Waals surface area contributed by atoms with Crippen LogP contribution in [-0.4, -0.2) is 44.2 Å². The van der Waals surface area contributed by atoms with Gasteiger partial charge in [0.05, 0.1) is 0 Å². The molecule has 0 aliphatic carbocycles. The van der Waals surface area contributed by atoms with Crippen molar-refractivity contribution in [1.29, 1.82) is 0 Å². The third-order valence-electron chi connectivity index (χ3n) is 5.62. The van der Waals surface area contributed by atoms with Crippen LogP contribution in [0.4, 0.5) is 0 Å². The van der Waals surface area contributed by atoms with Gasteiger partial charge in [0.2, 0.25) is 11.7 Å². The fourth-order valence-electron chi connectivity index (χ4n) is 3.92. The number of aryl methyl sites for hydroxylation is 1. The third kappa shape index (κ3) is 3.72. The number of carbonyl (C=O) groups is 1. The highest BCUT2D eigenvalue weighted by atomic mass is 16.5. The summed E-state index contributed by atoms with van der Waals surface area (Å²) in [7, 11) is 0. The van der Waals surface area contributed by atoms with Crippen LogP contribution in [0.3, 0.4) is 0 Å². The van der Waals surface area contributed by atoms with Gasteiger partial charge >= 0.3 is 0 Å². The first-order valence-electron chi connectivity index (χ1n) is 10.3. The van der Waals surface area contributed by atoms with Crippen LogP contribution >= 0.6 is 0 Å². The SMILES string of the molecule is Cc1onc(-c2ccccc2)c1C(=O)N1CCC(c2nc(-c3cccnc3)no2)CC1. The zero-order valence-corrected chi connectivity index (χ0v) is 17.1. The maximum absolute atomic E-state index is 13.3. The molecule has 0 radical (unpaired) electrons. The van der Waals surface area contributed by atoms with Crippen molar-refractivity contribution in [2.75, 3.05) is 13.1 Å². The van der Waals surface area contributed by atoms with E-state index < -0.39 is 0 Å². The van der Waals surface area contributed by atoms with Crippen molar-refractivity contribution >= 4 is 5.91 Å². The van der Waals surface area contributed by atoms with Crippen LogP contribution in [0.1, 0.15) is 40.8 Å². The van der Waals surface area contributed by atoms with Crippen LogP contribution in [0, 0.1) is 6.92 Å². The Hall–Kier alpha value is -3.81. The number of rotatable bonds is 4. The molecule has 1 aromatic carbocycles. The number of likely N-dealkylation sites (tertiary alicyclic amines) is 1. The molecule has 3 aromatic heterocycles. The van der Waals surface area contributed by atoms with E-state index in [-0.39, 0.29) is 11.8 Å². The van der Waals surface area contributed by atoms with Gasteiger partial charge in [-0.05, 0) is 31.9 Å².